The Balaban J connectivity index is 1.78. The molecular weight excluding hydrogens is 406 g/mol. The highest BCUT2D eigenvalue weighted by Crippen LogP contribution is 2.29. The fourth-order valence-corrected chi connectivity index (χ4v) is 4.08. The third-order valence-electron chi connectivity index (χ3n) is 4.83. The summed E-state index contributed by atoms with van der Waals surface area (Å²) in [5.41, 5.74) is 8.54. The third kappa shape index (κ3) is 4.89. The molecule has 0 aliphatic rings. The number of nitrogens with zero attached hydrogens (tertiary/aromatic N) is 4. The van der Waals surface area contributed by atoms with Gasteiger partial charge in [-0.3, -0.25) is 0 Å². The van der Waals surface area contributed by atoms with E-state index in [1.165, 1.54) is 18.4 Å². The van der Waals surface area contributed by atoms with Crippen molar-refractivity contribution in [2.24, 2.45) is 0 Å². The van der Waals surface area contributed by atoms with E-state index in [0.29, 0.717) is 50.7 Å². The van der Waals surface area contributed by atoms with Gasteiger partial charge in [-0.25, -0.2) is 22.7 Å². The number of ether oxygens (including phenoxy) is 2. The Bertz CT molecular complexity index is 1110. The van der Waals surface area contributed by atoms with Crippen molar-refractivity contribution in [2.75, 3.05) is 45.4 Å². The normalized spacial score (nSPS) is 12.4. The van der Waals surface area contributed by atoms with E-state index >= 15 is 0 Å². The highest BCUT2D eigenvalue weighted by molar-refractivity contribution is 7.89. The maximum atomic E-state index is 11.8. The molecule has 30 heavy (non-hydrogen) atoms. The number of anilines is 1. The Labute approximate surface area is 176 Å². The van der Waals surface area contributed by atoms with Gasteiger partial charge >= 0.3 is 0 Å². The van der Waals surface area contributed by atoms with Crippen molar-refractivity contribution in [1.82, 2.24) is 18.8 Å². The Hall–Kier alpha value is -2.27. The van der Waals surface area contributed by atoms with Gasteiger partial charge < -0.3 is 19.8 Å². The topological polar surface area (TPSA) is 113 Å². The van der Waals surface area contributed by atoms with Gasteiger partial charge in [-0.2, -0.15) is 0 Å². The first kappa shape index (κ1) is 22.4. The number of benzene rings is 1. The van der Waals surface area contributed by atoms with Crippen LogP contribution in [0.5, 0.6) is 0 Å². The molecule has 1 aromatic carbocycles. The van der Waals surface area contributed by atoms with Crippen molar-refractivity contribution in [3.8, 4) is 0 Å². The summed E-state index contributed by atoms with van der Waals surface area (Å²) in [6.45, 7) is 4.21. The zero-order valence-corrected chi connectivity index (χ0v) is 18.5. The summed E-state index contributed by atoms with van der Waals surface area (Å²) in [4.78, 5) is 9.14. The molecule has 3 rings (SSSR count). The molecule has 0 fully saturated rings. The van der Waals surface area contributed by atoms with Crippen molar-refractivity contribution in [1.29, 1.82) is 0 Å². The van der Waals surface area contributed by atoms with Gasteiger partial charge in [-0.1, -0.05) is 18.2 Å². The molecule has 2 heterocycles. The van der Waals surface area contributed by atoms with Crippen LogP contribution >= 0.6 is 0 Å². The molecule has 0 aliphatic heterocycles. The van der Waals surface area contributed by atoms with Crippen molar-refractivity contribution in [2.45, 2.75) is 26.5 Å². The predicted molar refractivity (Wildman–Crippen MR) is 118 cm³/mol. The summed E-state index contributed by atoms with van der Waals surface area (Å²) in [6.07, 6.45) is 0.441. The van der Waals surface area contributed by atoms with Crippen LogP contribution in [0.15, 0.2) is 24.3 Å². The fraction of sp³-hybridized carbons (Fsp3) is 0.500. The molecule has 0 bridgehead atoms. The molecule has 0 radical (unpaired) electrons. The van der Waals surface area contributed by atoms with Crippen LogP contribution in [0.4, 0.5) is 5.82 Å². The Morgan fingerprint density at radius 1 is 1.13 bits per heavy atom. The van der Waals surface area contributed by atoms with E-state index in [4.69, 9.17) is 15.2 Å². The van der Waals surface area contributed by atoms with E-state index in [1.807, 2.05) is 31.2 Å². The fourth-order valence-electron chi connectivity index (χ4n) is 3.23. The molecule has 2 N–H and O–H groups in total. The van der Waals surface area contributed by atoms with E-state index in [1.54, 1.807) is 0 Å². The van der Waals surface area contributed by atoms with Crippen LogP contribution in [0.3, 0.4) is 0 Å². The summed E-state index contributed by atoms with van der Waals surface area (Å²) < 4.78 is 38.2. The number of aromatic nitrogens is 3. The standard InChI is InChI=1S/C20H29N5O4S/c1-4-28-14-17-23-18-19(15-8-5-6-9-16(15)22-20(18)21)25(17)10-12-29-11-7-13-30(26,27)24(2)3/h5-6,8-9H,4,7,10-14H2,1-3H3,(H2,21,22). The molecule has 164 valence electrons. The number of pyridine rings is 1. The molecule has 0 saturated carbocycles. The molecule has 2 aromatic heterocycles. The quantitative estimate of drug-likeness (QED) is 0.458. The average Bonchev–Trinajstić information content (AvgIpc) is 3.08. The molecule has 3 aromatic rings. The van der Waals surface area contributed by atoms with Crippen molar-refractivity contribution in [3.63, 3.8) is 0 Å². The van der Waals surface area contributed by atoms with Crippen LogP contribution < -0.4 is 5.73 Å². The first-order valence-corrected chi connectivity index (χ1v) is 11.5. The maximum Gasteiger partial charge on any atom is 0.213 e. The summed E-state index contributed by atoms with van der Waals surface area (Å²) in [5.74, 6) is 1.21. The molecule has 0 aliphatic carbocycles. The van der Waals surface area contributed by atoms with Crippen molar-refractivity contribution >= 4 is 37.8 Å². The van der Waals surface area contributed by atoms with Crippen LogP contribution in [0.2, 0.25) is 0 Å². The second-order valence-electron chi connectivity index (χ2n) is 7.09. The molecule has 9 nitrogen and oxygen atoms in total. The van der Waals surface area contributed by atoms with Gasteiger partial charge in [0.15, 0.2) is 5.82 Å². The van der Waals surface area contributed by atoms with Gasteiger partial charge in [-0.15, -0.1) is 0 Å². The number of fused-ring (bicyclic) bond motifs is 3. The lowest BCUT2D eigenvalue weighted by Crippen LogP contribution is -2.25. The summed E-state index contributed by atoms with van der Waals surface area (Å²) in [6, 6.07) is 7.81. The second-order valence-corrected chi connectivity index (χ2v) is 9.39. The predicted octanol–water partition coefficient (Wildman–Crippen LogP) is 2.00. The lowest BCUT2D eigenvalue weighted by Gasteiger charge is -2.13. The van der Waals surface area contributed by atoms with E-state index in [2.05, 4.69) is 14.5 Å². The smallest absolute Gasteiger partial charge is 0.213 e. The average molecular weight is 436 g/mol. The van der Waals surface area contributed by atoms with E-state index < -0.39 is 10.0 Å². The minimum atomic E-state index is -3.20. The van der Waals surface area contributed by atoms with Gasteiger partial charge in [0.25, 0.3) is 0 Å². The number of sulfonamides is 1. The number of nitrogens with two attached hydrogens (primary N) is 1. The lowest BCUT2D eigenvalue weighted by atomic mass is 10.2. The monoisotopic (exact) mass is 435 g/mol. The molecule has 10 heteroatoms. The van der Waals surface area contributed by atoms with Gasteiger partial charge in [0.05, 0.1) is 23.4 Å². The first-order valence-electron chi connectivity index (χ1n) is 9.94. The van der Waals surface area contributed by atoms with Gasteiger partial charge in [0.1, 0.15) is 17.9 Å². The largest absolute Gasteiger partial charge is 0.382 e. The SMILES string of the molecule is CCOCc1nc2c(N)nc3ccccc3c2n1CCOCCCS(=O)(=O)N(C)C. The third-order valence-corrected chi connectivity index (χ3v) is 6.75. The number of rotatable bonds is 11. The maximum absolute atomic E-state index is 11.8. The second kappa shape index (κ2) is 9.69. The zero-order valence-electron chi connectivity index (χ0n) is 17.7. The Kier molecular flexibility index (Phi) is 7.24. The Morgan fingerprint density at radius 2 is 1.90 bits per heavy atom. The number of hydrogen-bond acceptors (Lipinski definition) is 7. The number of para-hydroxylation sites is 1. The van der Waals surface area contributed by atoms with Crippen LogP contribution in [-0.2, 0) is 32.6 Å². The van der Waals surface area contributed by atoms with Crippen molar-refractivity contribution in [3.05, 3.63) is 30.1 Å². The number of imidazole rings is 1. The number of hydrogen-bond donors (Lipinski definition) is 1. The zero-order chi connectivity index (χ0) is 21.7. The first-order chi connectivity index (χ1) is 14.3. The van der Waals surface area contributed by atoms with Crippen LogP contribution in [0.1, 0.15) is 19.2 Å². The molecule has 0 atom stereocenters. The number of nitrogen functional groups attached to an aromatic ring is 1. The molecule has 0 saturated heterocycles. The molecule has 0 spiro atoms. The van der Waals surface area contributed by atoms with Crippen LogP contribution in [0.25, 0.3) is 21.9 Å². The van der Waals surface area contributed by atoms with Crippen molar-refractivity contribution < 1.29 is 17.9 Å². The molecular formula is C20H29N5O4S. The van der Waals surface area contributed by atoms with Gasteiger partial charge in [-0.05, 0) is 19.4 Å². The summed E-state index contributed by atoms with van der Waals surface area (Å²) in [5, 5.41) is 0.967. The van der Waals surface area contributed by atoms with E-state index in [9.17, 15) is 8.42 Å². The lowest BCUT2D eigenvalue weighted by molar-refractivity contribution is 0.114. The van der Waals surface area contributed by atoms with Crippen LogP contribution in [-0.4, -0.2) is 66.9 Å². The van der Waals surface area contributed by atoms with Crippen LogP contribution in [0, 0.1) is 0 Å². The summed E-state index contributed by atoms with van der Waals surface area (Å²) >= 11 is 0. The Morgan fingerprint density at radius 3 is 2.63 bits per heavy atom. The van der Waals surface area contributed by atoms with E-state index in [-0.39, 0.29) is 5.75 Å². The minimum absolute atomic E-state index is 0.0659. The molecule has 0 amide bonds. The highest BCUT2D eigenvalue weighted by atomic mass is 32.2. The van der Waals surface area contributed by atoms with E-state index in [0.717, 1.165) is 22.2 Å². The molecule has 0 unspecified atom stereocenters. The van der Waals surface area contributed by atoms with Gasteiger partial charge in [0, 0.05) is 39.2 Å². The minimum Gasteiger partial charge on any atom is -0.382 e. The van der Waals surface area contributed by atoms with Gasteiger partial charge in [0.2, 0.25) is 10.0 Å². The summed E-state index contributed by atoms with van der Waals surface area (Å²) in [7, 11) is -0.137. The highest BCUT2D eigenvalue weighted by Gasteiger charge is 2.17.